The van der Waals surface area contributed by atoms with Gasteiger partial charge in [0, 0.05) is 28.8 Å². The van der Waals surface area contributed by atoms with Crippen LogP contribution in [0, 0.1) is 24.6 Å². The van der Waals surface area contributed by atoms with Crippen molar-refractivity contribution >= 4 is 38.8 Å². The van der Waals surface area contributed by atoms with Crippen LogP contribution in [0.3, 0.4) is 0 Å². The molecule has 2 aliphatic heterocycles. The molecule has 0 amide bonds. The van der Waals surface area contributed by atoms with Gasteiger partial charge in [-0.1, -0.05) is 34.3 Å². The van der Waals surface area contributed by atoms with Crippen LogP contribution in [0.5, 0.6) is 5.75 Å². The zero-order chi connectivity index (χ0) is 25.7. The summed E-state index contributed by atoms with van der Waals surface area (Å²) in [6.45, 7) is 3.08. The molecule has 0 fully saturated rings. The van der Waals surface area contributed by atoms with Gasteiger partial charge in [-0.05, 0) is 56.4 Å². The first-order chi connectivity index (χ1) is 17.4. The standard InChI is InChI=1S/C25H27ClFN5O3S/c1-16-19-8-4-12-32(23(19)31-30-22(16)26)24-29-15-18(36(24)25(33)34-2)7-5-13-35-21-10-9-17(6-3-11-28)14-20(21)27/h9-10,14-15,36H,4-5,7-8,11-13,28H2,1-2H3. The lowest BCUT2D eigenvalue weighted by Crippen LogP contribution is -2.37. The molecule has 0 bridgehead atoms. The molecule has 2 aromatic rings. The Morgan fingerprint density at radius 2 is 2.19 bits per heavy atom. The van der Waals surface area contributed by atoms with Crippen molar-refractivity contribution in [2.75, 3.05) is 31.7 Å². The van der Waals surface area contributed by atoms with Crippen molar-refractivity contribution in [1.29, 1.82) is 0 Å². The average molecular weight is 532 g/mol. The second-order valence-electron chi connectivity index (χ2n) is 8.13. The number of thiol groups is 1. The third kappa shape index (κ3) is 5.48. The minimum atomic E-state index is -1.47. The number of rotatable bonds is 5. The summed E-state index contributed by atoms with van der Waals surface area (Å²) in [7, 11) is -0.0907. The number of allylic oxidation sites excluding steroid dienone is 1. The molecule has 11 heteroatoms. The van der Waals surface area contributed by atoms with Crippen molar-refractivity contribution in [2.24, 2.45) is 10.7 Å². The van der Waals surface area contributed by atoms with Crippen LogP contribution in [0.25, 0.3) is 0 Å². The first-order valence-electron chi connectivity index (χ1n) is 11.5. The van der Waals surface area contributed by atoms with Crippen LogP contribution in [0.15, 0.2) is 34.3 Å². The van der Waals surface area contributed by atoms with E-state index in [2.05, 4.69) is 27.0 Å². The monoisotopic (exact) mass is 531 g/mol. The van der Waals surface area contributed by atoms with Gasteiger partial charge in [-0.3, -0.25) is 0 Å². The number of hydrogen-bond acceptors (Lipinski definition) is 8. The molecule has 4 rings (SSSR count). The fraction of sp³-hybridized carbons (Fsp3) is 0.360. The topological polar surface area (TPSA) is 103 Å². The van der Waals surface area contributed by atoms with Gasteiger partial charge in [0.1, 0.15) is 0 Å². The molecule has 0 saturated carbocycles. The van der Waals surface area contributed by atoms with Gasteiger partial charge in [0.2, 0.25) is 0 Å². The van der Waals surface area contributed by atoms with E-state index in [-0.39, 0.29) is 24.2 Å². The fourth-order valence-corrected chi connectivity index (χ4v) is 6.22. The molecule has 0 spiro atoms. The first-order valence-corrected chi connectivity index (χ1v) is 13.2. The highest BCUT2D eigenvalue weighted by atomic mass is 35.5. The van der Waals surface area contributed by atoms with E-state index in [4.69, 9.17) is 26.8 Å². The molecule has 0 aliphatic carbocycles. The molecule has 0 radical (unpaired) electrons. The minimum absolute atomic E-state index is 0.151. The van der Waals surface area contributed by atoms with Crippen LogP contribution in [0.1, 0.15) is 36.0 Å². The van der Waals surface area contributed by atoms with Crippen LogP contribution in [0.2, 0.25) is 5.15 Å². The van der Waals surface area contributed by atoms with Gasteiger partial charge in [-0.15, -0.1) is 10.2 Å². The van der Waals surface area contributed by atoms with E-state index < -0.39 is 16.7 Å². The summed E-state index contributed by atoms with van der Waals surface area (Å²) < 4.78 is 25.1. The third-order valence-electron chi connectivity index (χ3n) is 5.85. The maximum Gasteiger partial charge on any atom is 0.357 e. The van der Waals surface area contributed by atoms with Gasteiger partial charge in [0.25, 0.3) is 0 Å². The van der Waals surface area contributed by atoms with Crippen LogP contribution in [-0.2, 0) is 11.2 Å². The SMILES string of the molecule is COC(=O)[SH]1C(CCCOc2ccc(C#CCN)cc2F)=CN=C1N1CCCc2c1nnc(Cl)c2C. The number of ether oxygens (including phenoxy) is 2. The highest BCUT2D eigenvalue weighted by Crippen LogP contribution is 2.48. The molecule has 1 unspecified atom stereocenters. The van der Waals surface area contributed by atoms with Gasteiger partial charge in [0.15, 0.2) is 27.7 Å². The van der Waals surface area contributed by atoms with E-state index in [1.54, 1.807) is 18.3 Å². The van der Waals surface area contributed by atoms with Gasteiger partial charge in [-0.2, -0.15) is 0 Å². The molecule has 36 heavy (non-hydrogen) atoms. The van der Waals surface area contributed by atoms with Crippen LogP contribution >= 0.6 is 22.5 Å². The summed E-state index contributed by atoms with van der Waals surface area (Å²) >= 11 is 6.18. The molecule has 8 nitrogen and oxygen atoms in total. The Balaban J connectivity index is 1.42. The number of methoxy groups -OCH3 is 1. The van der Waals surface area contributed by atoms with E-state index in [1.807, 2.05) is 11.8 Å². The largest absolute Gasteiger partial charge is 0.491 e. The normalized spacial score (nSPS) is 17.5. The van der Waals surface area contributed by atoms with Crippen LogP contribution in [-0.4, -0.2) is 47.5 Å². The fourth-order valence-electron chi connectivity index (χ4n) is 4.07. The predicted molar refractivity (Wildman–Crippen MR) is 141 cm³/mol. The molecular weight excluding hydrogens is 505 g/mol. The van der Waals surface area contributed by atoms with Crippen molar-refractivity contribution in [3.05, 3.63) is 57.0 Å². The zero-order valence-electron chi connectivity index (χ0n) is 20.1. The van der Waals surface area contributed by atoms with Crippen molar-refractivity contribution in [3.8, 4) is 17.6 Å². The second-order valence-corrected chi connectivity index (χ2v) is 10.5. The van der Waals surface area contributed by atoms with Crippen molar-refractivity contribution < 1.29 is 18.7 Å². The molecule has 1 atom stereocenters. The number of nitrogens with two attached hydrogens (primary N) is 1. The molecule has 1 aromatic heterocycles. The van der Waals surface area contributed by atoms with E-state index >= 15 is 0 Å². The van der Waals surface area contributed by atoms with Gasteiger partial charge in [0.05, 0.1) is 20.3 Å². The molecule has 3 heterocycles. The molecule has 190 valence electrons. The number of aliphatic imine (C=N–C) groups is 1. The lowest BCUT2D eigenvalue weighted by atomic mass is 10.0. The third-order valence-corrected chi connectivity index (χ3v) is 8.42. The molecular formula is C25H27ClFN5O3S. The van der Waals surface area contributed by atoms with E-state index in [0.717, 1.165) is 28.9 Å². The average Bonchev–Trinajstić information content (AvgIpc) is 3.31. The number of carbonyl (C=O) groups is 1. The predicted octanol–water partition coefficient (Wildman–Crippen LogP) is 4.48. The minimum Gasteiger partial charge on any atom is -0.491 e. The quantitative estimate of drug-likeness (QED) is 0.254. The Hall–Kier alpha value is -3.13. The second kappa shape index (κ2) is 11.7. The summed E-state index contributed by atoms with van der Waals surface area (Å²) in [6.07, 6.45) is 4.58. The molecule has 0 saturated heterocycles. The molecule has 2 N–H and O–H groups in total. The number of aromatic nitrogens is 2. The number of halogens is 2. The first kappa shape index (κ1) is 25.9. The van der Waals surface area contributed by atoms with Crippen molar-refractivity contribution in [1.82, 2.24) is 10.2 Å². The lowest BCUT2D eigenvalue weighted by molar-refractivity contribution is 0.200. The summed E-state index contributed by atoms with van der Waals surface area (Å²) in [4.78, 5) is 20.3. The number of hydrogen-bond donors (Lipinski definition) is 2. The van der Waals surface area contributed by atoms with Crippen LogP contribution in [0.4, 0.5) is 15.0 Å². The Kier molecular flexibility index (Phi) is 8.46. The Morgan fingerprint density at radius 1 is 1.36 bits per heavy atom. The molecule has 2 aliphatic rings. The summed E-state index contributed by atoms with van der Waals surface area (Å²) in [5.41, 5.74) is 7.80. The highest BCUT2D eigenvalue weighted by molar-refractivity contribution is 8.44. The van der Waals surface area contributed by atoms with Gasteiger partial charge >= 0.3 is 5.30 Å². The van der Waals surface area contributed by atoms with E-state index in [1.165, 1.54) is 13.2 Å². The van der Waals surface area contributed by atoms with E-state index in [0.29, 0.717) is 41.1 Å². The Morgan fingerprint density at radius 3 is 2.94 bits per heavy atom. The molecule has 1 aromatic carbocycles. The number of fused-ring (bicyclic) bond motifs is 1. The number of amidine groups is 1. The number of benzene rings is 1. The number of carbonyl (C=O) groups excluding carboxylic acids is 1. The highest BCUT2D eigenvalue weighted by Gasteiger charge is 2.36. The van der Waals surface area contributed by atoms with Crippen molar-refractivity contribution in [2.45, 2.75) is 32.6 Å². The lowest BCUT2D eigenvalue weighted by Gasteiger charge is -2.33. The maximum absolute atomic E-state index is 14.3. The summed E-state index contributed by atoms with van der Waals surface area (Å²) in [6, 6.07) is 4.56. The van der Waals surface area contributed by atoms with Crippen molar-refractivity contribution in [3.63, 3.8) is 0 Å². The Bertz CT molecular complexity index is 1290. The number of nitrogens with zero attached hydrogens (tertiary/aromatic N) is 4. The summed E-state index contributed by atoms with van der Waals surface area (Å²) in [5, 5.41) is 9.07. The van der Waals surface area contributed by atoms with Gasteiger partial charge in [-0.25, -0.2) is 14.2 Å². The Labute approximate surface area is 217 Å². The van der Waals surface area contributed by atoms with Gasteiger partial charge < -0.3 is 20.1 Å². The smallest absolute Gasteiger partial charge is 0.357 e. The van der Waals surface area contributed by atoms with Crippen LogP contribution < -0.4 is 15.4 Å². The summed E-state index contributed by atoms with van der Waals surface area (Å²) in [5.74, 6) is 5.83. The number of anilines is 1. The van der Waals surface area contributed by atoms with E-state index in [9.17, 15) is 9.18 Å². The zero-order valence-corrected chi connectivity index (χ0v) is 21.7. The maximum atomic E-state index is 14.3.